The second kappa shape index (κ2) is 7.73. The molecule has 0 aliphatic carbocycles. The number of hydrogen-bond acceptors (Lipinski definition) is 5. The van der Waals surface area contributed by atoms with E-state index in [9.17, 15) is 15.0 Å². The molecule has 4 N–H and O–H groups in total. The van der Waals surface area contributed by atoms with Gasteiger partial charge in [0.2, 0.25) is 0 Å². The zero-order valence-corrected chi connectivity index (χ0v) is 10.7. The van der Waals surface area contributed by atoms with Gasteiger partial charge in [0.15, 0.2) is 0 Å². The molecule has 0 unspecified atom stereocenters. The van der Waals surface area contributed by atoms with E-state index in [1.807, 2.05) is 18.2 Å². The Labute approximate surface area is 111 Å². The summed E-state index contributed by atoms with van der Waals surface area (Å²) in [7, 11) is 0. The molecule has 19 heavy (non-hydrogen) atoms. The molecule has 106 valence electrons. The molecule has 1 rings (SSSR count). The third kappa shape index (κ3) is 5.69. The molecule has 0 heterocycles. The first kappa shape index (κ1) is 15.4. The number of benzene rings is 1. The zero-order valence-electron chi connectivity index (χ0n) is 10.7. The second-order valence-electron chi connectivity index (χ2n) is 4.24. The Balaban J connectivity index is 2.31. The SMILES string of the molecule is C[C@@H](O)[C@H](NC[C@H](O)COc1ccccc1)C(=O)O. The summed E-state index contributed by atoms with van der Waals surface area (Å²) in [4.78, 5) is 10.8. The minimum Gasteiger partial charge on any atom is -0.491 e. The average Bonchev–Trinajstić information content (AvgIpc) is 2.37. The van der Waals surface area contributed by atoms with Crippen molar-refractivity contribution in [1.82, 2.24) is 5.32 Å². The molecule has 3 atom stereocenters. The van der Waals surface area contributed by atoms with E-state index >= 15 is 0 Å². The summed E-state index contributed by atoms with van der Waals surface area (Å²) >= 11 is 0. The molecule has 0 spiro atoms. The summed E-state index contributed by atoms with van der Waals surface area (Å²) in [6, 6.07) is 7.89. The Hall–Kier alpha value is -1.63. The van der Waals surface area contributed by atoms with Crippen LogP contribution in [0, 0.1) is 0 Å². The lowest BCUT2D eigenvalue weighted by Crippen LogP contribution is -2.48. The van der Waals surface area contributed by atoms with Gasteiger partial charge < -0.3 is 20.1 Å². The Bertz CT molecular complexity index is 382. The summed E-state index contributed by atoms with van der Waals surface area (Å²) in [6.45, 7) is 1.44. The van der Waals surface area contributed by atoms with Crippen LogP contribution >= 0.6 is 0 Å². The third-order valence-corrected chi connectivity index (χ3v) is 2.51. The predicted octanol–water partition coefficient (Wildman–Crippen LogP) is -0.150. The van der Waals surface area contributed by atoms with Crippen LogP contribution in [0.25, 0.3) is 0 Å². The van der Waals surface area contributed by atoms with E-state index in [0.29, 0.717) is 5.75 Å². The van der Waals surface area contributed by atoms with Crippen LogP contribution in [0.1, 0.15) is 6.92 Å². The van der Waals surface area contributed by atoms with E-state index in [1.165, 1.54) is 6.92 Å². The van der Waals surface area contributed by atoms with E-state index < -0.39 is 24.2 Å². The minimum absolute atomic E-state index is 0.0225. The number of rotatable bonds is 8. The lowest BCUT2D eigenvalue weighted by Gasteiger charge is -2.19. The van der Waals surface area contributed by atoms with Crippen molar-refractivity contribution in [2.24, 2.45) is 0 Å². The topological polar surface area (TPSA) is 99.0 Å². The first-order valence-corrected chi connectivity index (χ1v) is 6.01. The average molecular weight is 269 g/mol. The maximum Gasteiger partial charge on any atom is 0.323 e. The van der Waals surface area contributed by atoms with Crippen LogP contribution in [0.4, 0.5) is 0 Å². The highest BCUT2D eigenvalue weighted by Gasteiger charge is 2.23. The van der Waals surface area contributed by atoms with Crippen molar-refractivity contribution in [2.45, 2.75) is 25.2 Å². The Morgan fingerprint density at radius 3 is 2.47 bits per heavy atom. The molecule has 1 aromatic rings. The number of aliphatic carboxylic acids is 1. The molecule has 0 amide bonds. The first-order valence-electron chi connectivity index (χ1n) is 6.01. The van der Waals surface area contributed by atoms with Crippen LogP contribution in [0.3, 0.4) is 0 Å². The lowest BCUT2D eigenvalue weighted by atomic mass is 10.2. The van der Waals surface area contributed by atoms with E-state index in [2.05, 4.69) is 5.32 Å². The molecule has 0 saturated carbocycles. The number of hydrogen-bond donors (Lipinski definition) is 4. The zero-order chi connectivity index (χ0) is 14.3. The highest BCUT2D eigenvalue weighted by Crippen LogP contribution is 2.08. The largest absolute Gasteiger partial charge is 0.491 e. The van der Waals surface area contributed by atoms with Crippen molar-refractivity contribution >= 4 is 5.97 Å². The van der Waals surface area contributed by atoms with Crippen LogP contribution in [-0.2, 0) is 4.79 Å². The molecule has 6 heteroatoms. The summed E-state index contributed by atoms with van der Waals surface area (Å²) in [6.07, 6.45) is -1.90. The second-order valence-corrected chi connectivity index (χ2v) is 4.24. The fourth-order valence-corrected chi connectivity index (χ4v) is 1.50. The van der Waals surface area contributed by atoms with Crippen LogP contribution < -0.4 is 10.1 Å². The van der Waals surface area contributed by atoms with E-state index in [-0.39, 0.29) is 13.2 Å². The molecule has 0 bridgehead atoms. The van der Waals surface area contributed by atoms with Crippen LogP contribution in [0.15, 0.2) is 30.3 Å². The van der Waals surface area contributed by atoms with Crippen LogP contribution in [-0.4, -0.2) is 52.7 Å². The van der Waals surface area contributed by atoms with E-state index in [0.717, 1.165) is 0 Å². The maximum atomic E-state index is 10.8. The highest BCUT2D eigenvalue weighted by molar-refractivity contribution is 5.74. The van der Waals surface area contributed by atoms with Crippen molar-refractivity contribution in [3.05, 3.63) is 30.3 Å². The Morgan fingerprint density at radius 2 is 1.95 bits per heavy atom. The van der Waals surface area contributed by atoms with Gasteiger partial charge in [0.25, 0.3) is 0 Å². The van der Waals surface area contributed by atoms with Gasteiger partial charge in [0.1, 0.15) is 24.5 Å². The van der Waals surface area contributed by atoms with Gasteiger partial charge in [-0.1, -0.05) is 18.2 Å². The summed E-state index contributed by atoms with van der Waals surface area (Å²) < 4.78 is 5.32. The van der Waals surface area contributed by atoms with Gasteiger partial charge in [-0.15, -0.1) is 0 Å². The fourth-order valence-electron chi connectivity index (χ4n) is 1.50. The molecule has 0 aliphatic rings. The van der Waals surface area contributed by atoms with Gasteiger partial charge >= 0.3 is 5.97 Å². The molecule has 0 saturated heterocycles. The smallest absolute Gasteiger partial charge is 0.323 e. The van der Waals surface area contributed by atoms with Gasteiger partial charge in [-0.2, -0.15) is 0 Å². The molecule has 1 aromatic carbocycles. The highest BCUT2D eigenvalue weighted by atomic mass is 16.5. The quantitative estimate of drug-likeness (QED) is 0.524. The van der Waals surface area contributed by atoms with Crippen LogP contribution in [0.2, 0.25) is 0 Å². The van der Waals surface area contributed by atoms with Gasteiger partial charge in [-0.05, 0) is 19.1 Å². The van der Waals surface area contributed by atoms with Crippen molar-refractivity contribution < 1.29 is 24.9 Å². The molecule has 6 nitrogen and oxygen atoms in total. The number of nitrogens with one attached hydrogen (secondary N) is 1. The molecule has 0 aliphatic heterocycles. The normalized spacial score (nSPS) is 15.5. The summed E-state index contributed by atoms with van der Waals surface area (Å²) in [5.41, 5.74) is 0. The van der Waals surface area contributed by atoms with E-state index in [1.54, 1.807) is 12.1 Å². The molecular formula is C13H19NO5. The standard InChI is InChI=1S/C13H19NO5/c1-9(15)12(13(17)18)14-7-10(16)8-19-11-5-3-2-4-6-11/h2-6,9-10,12,14-16H,7-8H2,1H3,(H,17,18)/t9-,10+,12+/m1/s1. The van der Waals surface area contributed by atoms with Crippen molar-refractivity contribution in [3.63, 3.8) is 0 Å². The van der Waals surface area contributed by atoms with Crippen molar-refractivity contribution in [1.29, 1.82) is 0 Å². The molecule has 0 aromatic heterocycles. The Morgan fingerprint density at radius 1 is 1.32 bits per heavy atom. The number of aliphatic hydroxyl groups excluding tert-OH is 2. The van der Waals surface area contributed by atoms with Gasteiger partial charge in [0, 0.05) is 6.54 Å². The number of carboxylic acid groups (broad SMARTS) is 1. The maximum absolute atomic E-state index is 10.8. The van der Waals surface area contributed by atoms with Gasteiger partial charge in [-0.25, -0.2) is 0 Å². The molecule has 0 fully saturated rings. The number of aliphatic hydroxyl groups is 2. The summed E-state index contributed by atoms with van der Waals surface area (Å²) in [5, 5.41) is 30.3. The van der Waals surface area contributed by atoms with Gasteiger partial charge in [-0.3, -0.25) is 10.1 Å². The van der Waals surface area contributed by atoms with Crippen molar-refractivity contribution in [3.8, 4) is 5.75 Å². The van der Waals surface area contributed by atoms with Gasteiger partial charge in [0.05, 0.1) is 6.10 Å². The monoisotopic (exact) mass is 269 g/mol. The predicted molar refractivity (Wildman–Crippen MR) is 69.1 cm³/mol. The molecule has 0 radical (unpaired) electrons. The van der Waals surface area contributed by atoms with Crippen LogP contribution in [0.5, 0.6) is 5.75 Å². The lowest BCUT2D eigenvalue weighted by molar-refractivity contribution is -0.142. The Kier molecular flexibility index (Phi) is 6.27. The fraction of sp³-hybridized carbons (Fsp3) is 0.462. The van der Waals surface area contributed by atoms with Crippen molar-refractivity contribution in [2.75, 3.05) is 13.2 Å². The molecular weight excluding hydrogens is 250 g/mol. The summed E-state index contributed by atoms with van der Waals surface area (Å²) in [5.74, 6) is -0.530. The third-order valence-electron chi connectivity index (χ3n) is 2.51. The van der Waals surface area contributed by atoms with E-state index in [4.69, 9.17) is 9.84 Å². The number of carboxylic acids is 1. The minimum atomic E-state index is -1.16. The number of para-hydroxylation sites is 1. The first-order chi connectivity index (χ1) is 9.00. The number of carbonyl (C=O) groups is 1. The number of ether oxygens (including phenoxy) is 1.